The molecule has 0 N–H and O–H groups in total. The molecule has 1 aromatic carbocycles. The first-order chi connectivity index (χ1) is 8.19. The van der Waals surface area contributed by atoms with Gasteiger partial charge in [-0.3, -0.25) is 4.90 Å². The second kappa shape index (κ2) is 5.48. The number of piperidine rings is 1. The van der Waals surface area contributed by atoms with Gasteiger partial charge in [-0.2, -0.15) is 5.26 Å². The Bertz CT molecular complexity index is 434. The van der Waals surface area contributed by atoms with Crippen molar-refractivity contribution in [1.29, 1.82) is 5.26 Å². The molecule has 1 fully saturated rings. The summed E-state index contributed by atoms with van der Waals surface area (Å²) in [5.41, 5.74) is 1.02. The molecule has 90 valence electrons. The molecule has 1 aromatic rings. The van der Waals surface area contributed by atoms with Crippen molar-refractivity contribution in [1.82, 2.24) is 4.90 Å². The maximum Gasteiger partial charge on any atom is 0.141 e. The summed E-state index contributed by atoms with van der Waals surface area (Å²) in [5.74, 6) is -0.179. The monoisotopic (exact) mass is 252 g/mol. The van der Waals surface area contributed by atoms with E-state index in [4.69, 9.17) is 16.9 Å². The molecule has 0 unspecified atom stereocenters. The second-order valence-corrected chi connectivity index (χ2v) is 4.84. The lowest BCUT2D eigenvalue weighted by molar-refractivity contribution is 0.198. The van der Waals surface area contributed by atoms with Crippen molar-refractivity contribution in [3.63, 3.8) is 0 Å². The largest absolute Gasteiger partial charge is 0.299 e. The average molecular weight is 253 g/mol. The van der Waals surface area contributed by atoms with E-state index in [1.807, 2.05) is 0 Å². The van der Waals surface area contributed by atoms with Crippen LogP contribution in [-0.2, 0) is 6.54 Å². The van der Waals surface area contributed by atoms with E-state index in [0.29, 0.717) is 0 Å². The normalized spacial score (nSPS) is 17.9. The second-order valence-electron chi connectivity index (χ2n) is 4.43. The fourth-order valence-electron chi connectivity index (χ4n) is 2.12. The summed E-state index contributed by atoms with van der Waals surface area (Å²) in [6.07, 6.45) is 1.84. The van der Waals surface area contributed by atoms with Crippen LogP contribution in [0, 0.1) is 23.1 Å². The van der Waals surface area contributed by atoms with E-state index in [1.54, 1.807) is 12.1 Å². The molecule has 0 bridgehead atoms. The van der Waals surface area contributed by atoms with E-state index in [0.717, 1.165) is 38.0 Å². The molecular formula is C13H14ClFN2. The molecule has 2 rings (SSSR count). The highest BCUT2D eigenvalue weighted by molar-refractivity contribution is 6.30. The van der Waals surface area contributed by atoms with Crippen LogP contribution in [0.2, 0.25) is 5.02 Å². The first kappa shape index (κ1) is 12.3. The van der Waals surface area contributed by atoms with Crippen LogP contribution < -0.4 is 0 Å². The third-order valence-corrected chi connectivity index (χ3v) is 3.45. The Kier molecular flexibility index (Phi) is 3.98. The van der Waals surface area contributed by atoms with E-state index >= 15 is 0 Å². The predicted molar refractivity (Wildman–Crippen MR) is 65.0 cm³/mol. The van der Waals surface area contributed by atoms with Crippen molar-refractivity contribution in [3.8, 4) is 6.07 Å². The Balaban J connectivity index is 1.93. The molecule has 1 saturated heterocycles. The van der Waals surface area contributed by atoms with Gasteiger partial charge in [0.1, 0.15) is 5.82 Å². The zero-order valence-corrected chi connectivity index (χ0v) is 10.3. The quantitative estimate of drug-likeness (QED) is 0.808. The Labute approximate surface area is 106 Å². The highest BCUT2D eigenvalue weighted by Gasteiger charge is 2.18. The van der Waals surface area contributed by atoms with E-state index in [2.05, 4.69) is 11.0 Å². The third-order valence-electron chi connectivity index (χ3n) is 3.16. The van der Waals surface area contributed by atoms with Crippen LogP contribution in [0.1, 0.15) is 18.4 Å². The van der Waals surface area contributed by atoms with Gasteiger partial charge in [0.15, 0.2) is 0 Å². The first-order valence-electron chi connectivity index (χ1n) is 5.75. The fourth-order valence-corrected chi connectivity index (χ4v) is 2.32. The fraction of sp³-hybridized carbons (Fsp3) is 0.462. The molecule has 0 spiro atoms. The maximum atomic E-state index is 13.0. The van der Waals surface area contributed by atoms with E-state index in [-0.39, 0.29) is 16.8 Å². The lowest BCUT2D eigenvalue weighted by Crippen LogP contribution is -2.32. The number of nitrogens with zero attached hydrogens (tertiary/aromatic N) is 2. The molecular weight excluding hydrogens is 239 g/mol. The molecule has 17 heavy (non-hydrogen) atoms. The summed E-state index contributed by atoms with van der Waals surface area (Å²) < 4.78 is 13.0. The van der Waals surface area contributed by atoms with Crippen molar-refractivity contribution >= 4 is 11.6 Å². The van der Waals surface area contributed by atoms with Gasteiger partial charge in [0, 0.05) is 12.5 Å². The minimum Gasteiger partial charge on any atom is -0.299 e. The number of nitriles is 1. The summed E-state index contributed by atoms with van der Waals surface area (Å²) in [5, 5.41) is 8.98. The van der Waals surface area contributed by atoms with Gasteiger partial charge < -0.3 is 0 Å². The van der Waals surface area contributed by atoms with Crippen LogP contribution in [0.5, 0.6) is 0 Å². The van der Waals surface area contributed by atoms with Crippen molar-refractivity contribution in [2.75, 3.05) is 13.1 Å². The van der Waals surface area contributed by atoms with Gasteiger partial charge >= 0.3 is 0 Å². The molecule has 4 heteroatoms. The molecule has 0 atom stereocenters. The van der Waals surface area contributed by atoms with Crippen molar-refractivity contribution in [3.05, 3.63) is 34.6 Å². The zero-order valence-electron chi connectivity index (χ0n) is 9.50. The van der Waals surface area contributed by atoms with Crippen LogP contribution in [0.15, 0.2) is 18.2 Å². The maximum absolute atomic E-state index is 13.0. The van der Waals surface area contributed by atoms with Gasteiger partial charge in [-0.1, -0.05) is 17.7 Å². The highest BCUT2D eigenvalue weighted by atomic mass is 35.5. The van der Waals surface area contributed by atoms with Crippen LogP contribution in [0.4, 0.5) is 4.39 Å². The molecule has 2 nitrogen and oxygen atoms in total. The SMILES string of the molecule is N#CC1CCN(Cc2ccc(F)c(Cl)c2)CC1. The number of halogens is 2. The van der Waals surface area contributed by atoms with Crippen LogP contribution in [0.3, 0.4) is 0 Å². The van der Waals surface area contributed by atoms with Crippen molar-refractivity contribution in [2.45, 2.75) is 19.4 Å². The summed E-state index contributed by atoms with van der Waals surface area (Å²) in [7, 11) is 0. The molecule has 0 aromatic heterocycles. The topological polar surface area (TPSA) is 27.0 Å². The van der Waals surface area contributed by atoms with Crippen LogP contribution in [-0.4, -0.2) is 18.0 Å². The summed E-state index contributed by atoms with van der Waals surface area (Å²) in [4.78, 5) is 2.28. The smallest absolute Gasteiger partial charge is 0.141 e. The zero-order chi connectivity index (χ0) is 12.3. The molecule has 0 saturated carbocycles. The Morgan fingerprint density at radius 1 is 1.41 bits per heavy atom. The van der Waals surface area contributed by atoms with Gasteiger partial charge in [0.05, 0.1) is 11.1 Å². The molecule has 0 aliphatic carbocycles. The van der Waals surface area contributed by atoms with Gasteiger partial charge in [-0.15, -0.1) is 0 Å². The first-order valence-corrected chi connectivity index (χ1v) is 6.12. The molecule has 1 aliphatic heterocycles. The standard InChI is InChI=1S/C13H14ClFN2/c14-12-7-11(1-2-13(12)15)9-17-5-3-10(8-16)4-6-17/h1-2,7,10H,3-6,9H2. The molecule has 0 radical (unpaired) electrons. The number of hydrogen-bond acceptors (Lipinski definition) is 2. The number of hydrogen-bond donors (Lipinski definition) is 0. The average Bonchev–Trinajstić information content (AvgIpc) is 2.35. The predicted octanol–water partition coefficient (Wildman–Crippen LogP) is 3.21. The number of rotatable bonds is 2. The minimum atomic E-state index is -0.376. The molecule has 1 aliphatic rings. The van der Waals surface area contributed by atoms with E-state index in [9.17, 15) is 4.39 Å². The molecule has 0 amide bonds. The van der Waals surface area contributed by atoms with Crippen LogP contribution >= 0.6 is 11.6 Å². The Morgan fingerprint density at radius 2 is 2.12 bits per heavy atom. The summed E-state index contributed by atoms with van der Waals surface area (Å²) in [6, 6.07) is 7.15. The third kappa shape index (κ3) is 3.18. The van der Waals surface area contributed by atoms with Gasteiger partial charge in [-0.05, 0) is 43.6 Å². The van der Waals surface area contributed by atoms with Crippen molar-refractivity contribution < 1.29 is 4.39 Å². The Hall–Kier alpha value is -1.11. The number of benzene rings is 1. The van der Waals surface area contributed by atoms with Crippen molar-refractivity contribution in [2.24, 2.45) is 5.92 Å². The van der Waals surface area contributed by atoms with Gasteiger partial charge in [0.25, 0.3) is 0 Å². The Morgan fingerprint density at radius 3 is 2.71 bits per heavy atom. The van der Waals surface area contributed by atoms with Gasteiger partial charge in [0.2, 0.25) is 0 Å². The summed E-state index contributed by atoms with van der Waals surface area (Å²) >= 11 is 5.74. The number of likely N-dealkylation sites (tertiary alicyclic amines) is 1. The minimum absolute atomic E-state index is 0.175. The van der Waals surface area contributed by atoms with Crippen LogP contribution in [0.25, 0.3) is 0 Å². The van der Waals surface area contributed by atoms with E-state index < -0.39 is 0 Å². The van der Waals surface area contributed by atoms with Gasteiger partial charge in [-0.25, -0.2) is 4.39 Å². The van der Waals surface area contributed by atoms with E-state index in [1.165, 1.54) is 6.07 Å². The highest BCUT2D eigenvalue weighted by Crippen LogP contribution is 2.20. The summed E-state index contributed by atoms with van der Waals surface area (Å²) in [6.45, 7) is 2.62. The lowest BCUT2D eigenvalue weighted by Gasteiger charge is -2.29. The lowest BCUT2D eigenvalue weighted by atomic mass is 9.98. The molecule has 1 heterocycles.